The van der Waals surface area contributed by atoms with Crippen LogP contribution in [0.5, 0.6) is 0 Å². The van der Waals surface area contributed by atoms with E-state index in [9.17, 15) is 0 Å². The van der Waals surface area contributed by atoms with E-state index in [4.69, 9.17) is 4.52 Å². The van der Waals surface area contributed by atoms with Gasteiger partial charge in [0.25, 0.3) is 0 Å². The Morgan fingerprint density at radius 1 is 1.37 bits per heavy atom. The fourth-order valence-electron chi connectivity index (χ4n) is 1.88. The molecule has 1 rings (SSSR count). The molecule has 4 heteroatoms. The number of hydrogen-bond acceptors (Lipinski definition) is 4. The monoisotopic (exact) mass is 267 g/mol. The van der Waals surface area contributed by atoms with E-state index in [0.717, 1.165) is 37.5 Å². The van der Waals surface area contributed by atoms with Crippen molar-refractivity contribution in [3.8, 4) is 0 Å². The van der Waals surface area contributed by atoms with Gasteiger partial charge in [0.1, 0.15) is 0 Å². The van der Waals surface area contributed by atoms with Gasteiger partial charge in [-0.25, -0.2) is 0 Å². The Bertz CT molecular complexity index is 366. The van der Waals surface area contributed by atoms with Gasteiger partial charge in [-0.3, -0.25) is 4.90 Å². The van der Waals surface area contributed by atoms with Gasteiger partial charge in [-0.2, -0.15) is 0 Å². The van der Waals surface area contributed by atoms with Crippen molar-refractivity contribution in [1.82, 2.24) is 15.4 Å². The first kappa shape index (κ1) is 16.2. The van der Waals surface area contributed by atoms with E-state index >= 15 is 0 Å². The minimum absolute atomic E-state index is 0.102. The smallest absolute Gasteiger partial charge is 0.151 e. The number of hydrogen-bond donors (Lipinski definition) is 1. The maximum absolute atomic E-state index is 5.43. The normalized spacial score (nSPS) is 12.6. The minimum atomic E-state index is 0.102. The molecule has 110 valence electrons. The summed E-state index contributed by atoms with van der Waals surface area (Å²) < 4.78 is 5.43. The highest BCUT2D eigenvalue weighted by Crippen LogP contribution is 2.11. The molecule has 0 atom stereocenters. The summed E-state index contributed by atoms with van der Waals surface area (Å²) in [5, 5.41) is 7.54. The third-order valence-electron chi connectivity index (χ3n) is 3.01. The molecule has 0 radical (unpaired) electrons. The average molecular weight is 267 g/mol. The zero-order valence-corrected chi connectivity index (χ0v) is 13.3. The summed E-state index contributed by atoms with van der Waals surface area (Å²) in [5.41, 5.74) is 1.08. The molecule has 0 unspecified atom stereocenters. The lowest BCUT2D eigenvalue weighted by atomic mass is 10.1. The molecule has 1 heterocycles. The van der Waals surface area contributed by atoms with E-state index < -0.39 is 0 Å². The summed E-state index contributed by atoms with van der Waals surface area (Å²) in [6, 6.07) is 2.59. The predicted octanol–water partition coefficient (Wildman–Crippen LogP) is 3.18. The van der Waals surface area contributed by atoms with Crippen molar-refractivity contribution in [2.24, 2.45) is 0 Å². The van der Waals surface area contributed by atoms with Gasteiger partial charge < -0.3 is 9.84 Å². The first-order chi connectivity index (χ1) is 8.81. The van der Waals surface area contributed by atoms with Crippen molar-refractivity contribution in [2.75, 3.05) is 6.54 Å². The molecule has 0 aliphatic rings. The molecule has 0 aliphatic carbocycles. The highest BCUT2D eigenvalue weighted by atomic mass is 16.5. The van der Waals surface area contributed by atoms with Gasteiger partial charge in [0.05, 0.1) is 12.2 Å². The van der Waals surface area contributed by atoms with Gasteiger partial charge >= 0.3 is 0 Å². The maximum atomic E-state index is 5.43. The standard InChI is InChI=1S/C15H29N3O/c1-7-8-18(12(2)3)11-14-9-13(17-19-14)10-16-15(4,5)6/h9,12,16H,7-8,10-11H2,1-6H3. The Kier molecular flexibility index (Phi) is 6.01. The molecule has 0 saturated carbocycles. The van der Waals surface area contributed by atoms with Crippen molar-refractivity contribution < 1.29 is 4.52 Å². The fourth-order valence-corrected chi connectivity index (χ4v) is 1.88. The topological polar surface area (TPSA) is 41.3 Å². The first-order valence-corrected chi connectivity index (χ1v) is 7.25. The first-order valence-electron chi connectivity index (χ1n) is 7.25. The van der Waals surface area contributed by atoms with Crippen LogP contribution in [0.15, 0.2) is 10.6 Å². The van der Waals surface area contributed by atoms with Crippen LogP contribution in [0.3, 0.4) is 0 Å². The molecular weight excluding hydrogens is 238 g/mol. The summed E-state index contributed by atoms with van der Waals surface area (Å²) in [5.74, 6) is 0.952. The zero-order chi connectivity index (χ0) is 14.5. The van der Waals surface area contributed by atoms with E-state index in [-0.39, 0.29) is 5.54 Å². The third kappa shape index (κ3) is 6.21. The molecule has 1 aromatic heterocycles. The average Bonchev–Trinajstić information content (AvgIpc) is 2.72. The summed E-state index contributed by atoms with van der Waals surface area (Å²) >= 11 is 0. The van der Waals surface area contributed by atoms with Crippen LogP contribution in [0.25, 0.3) is 0 Å². The quantitative estimate of drug-likeness (QED) is 0.824. The number of rotatable bonds is 7. The number of aromatic nitrogens is 1. The second-order valence-electron chi connectivity index (χ2n) is 6.45. The van der Waals surface area contributed by atoms with E-state index in [1.54, 1.807) is 0 Å². The lowest BCUT2D eigenvalue weighted by molar-refractivity contribution is 0.188. The van der Waals surface area contributed by atoms with Crippen LogP contribution in [0, 0.1) is 0 Å². The van der Waals surface area contributed by atoms with Crippen LogP contribution in [0.4, 0.5) is 0 Å². The second kappa shape index (κ2) is 7.06. The van der Waals surface area contributed by atoms with Crippen molar-refractivity contribution in [1.29, 1.82) is 0 Å². The molecule has 0 aliphatic heterocycles. The summed E-state index contributed by atoms with van der Waals surface area (Å²) in [7, 11) is 0. The van der Waals surface area contributed by atoms with Gasteiger partial charge in [0.15, 0.2) is 5.76 Å². The van der Waals surface area contributed by atoms with Crippen LogP contribution >= 0.6 is 0 Å². The molecule has 0 aromatic carbocycles. The van der Waals surface area contributed by atoms with E-state index in [1.165, 1.54) is 0 Å². The van der Waals surface area contributed by atoms with Crippen molar-refractivity contribution in [2.45, 2.75) is 72.6 Å². The molecule has 1 N–H and O–H groups in total. The molecule has 0 saturated heterocycles. The van der Waals surface area contributed by atoms with Crippen LogP contribution in [-0.2, 0) is 13.1 Å². The fraction of sp³-hybridized carbons (Fsp3) is 0.800. The lowest BCUT2D eigenvalue weighted by Crippen LogP contribution is -2.35. The predicted molar refractivity (Wildman–Crippen MR) is 78.9 cm³/mol. The van der Waals surface area contributed by atoms with Gasteiger partial charge in [-0.1, -0.05) is 12.1 Å². The molecule has 19 heavy (non-hydrogen) atoms. The minimum Gasteiger partial charge on any atom is -0.360 e. The molecule has 4 nitrogen and oxygen atoms in total. The van der Waals surface area contributed by atoms with Crippen LogP contribution < -0.4 is 5.32 Å². The van der Waals surface area contributed by atoms with E-state index in [0.29, 0.717) is 6.04 Å². The van der Waals surface area contributed by atoms with Crippen molar-refractivity contribution in [3.05, 3.63) is 17.5 Å². The Labute approximate surface area is 117 Å². The molecule has 0 amide bonds. The lowest BCUT2D eigenvalue weighted by Gasteiger charge is -2.24. The van der Waals surface area contributed by atoms with Crippen LogP contribution in [0.2, 0.25) is 0 Å². The SMILES string of the molecule is CCCN(Cc1cc(CNC(C)(C)C)no1)C(C)C. The Hall–Kier alpha value is -0.870. The zero-order valence-electron chi connectivity index (χ0n) is 13.3. The van der Waals surface area contributed by atoms with Gasteiger partial charge in [-0.15, -0.1) is 0 Å². The van der Waals surface area contributed by atoms with E-state index in [1.807, 2.05) is 0 Å². The molecule has 0 fully saturated rings. The molecular formula is C15H29N3O. The number of nitrogens with zero attached hydrogens (tertiary/aromatic N) is 2. The summed E-state index contributed by atoms with van der Waals surface area (Å²) in [4.78, 5) is 2.40. The Balaban J connectivity index is 2.54. The second-order valence-corrected chi connectivity index (χ2v) is 6.45. The third-order valence-corrected chi connectivity index (χ3v) is 3.01. The van der Waals surface area contributed by atoms with Gasteiger partial charge in [-0.05, 0) is 47.6 Å². The van der Waals surface area contributed by atoms with Crippen molar-refractivity contribution >= 4 is 0 Å². The highest BCUT2D eigenvalue weighted by molar-refractivity contribution is 5.05. The number of nitrogens with one attached hydrogen (secondary N) is 1. The maximum Gasteiger partial charge on any atom is 0.151 e. The molecule has 1 aromatic rings. The van der Waals surface area contributed by atoms with Crippen LogP contribution in [0.1, 0.15) is 59.4 Å². The van der Waals surface area contributed by atoms with Crippen molar-refractivity contribution in [3.63, 3.8) is 0 Å². The Morgan fingerprint density at radius 3 is 2.58 bits per heavy atom. The highest BCUT2D eigenvalue weighted by Gasteiger charge is 2.14. The largest absolute Gasteiger partial charge is 0.360 e. The van der Waals surface area contributed by atoms with Crippen LogP contribution in [-0.4, -0.2) is 28.2 Å². The summed E-state index contributed by atoms with van der Waals surface area (Å²) in [6.45, 7) is 15.8. The van der Waals surface area contributed by atoms with Gasteiger partial charge in [0, 0.05) is 24.2 Å². The Morgan fingerprint density at radius 2 is 2.05 bits per heavy atom. The molecule has 0 spiro atoms. The van der Waals surface area contributed by atoms with Gasteiger partial charge in [0.2, 0.25) is 0 Å². The van der Waals surface area contributed by atoms with E-state index in [2.05, 4.69) is 63.0 Å². The molecule has 0 bridgehead atoms. The summed E-state index contributed by atoms with van der Waals surface area (Å²) in [6.07, 6.45) is 1.16.